The molecule has 0 aliphatic carbocycles. The molecule has 4 nitrogen and oxygen atoms in total. The van der Waals surface area contributed by atoms with Gasteiger partial charge >= 0.3 is 0 Å². The van der Waals surface area contributed by atoms with Gasteiger partial charge in [-0.25, -0.2) is 9.97 Å². The summed E-state index contributed by atoms with van der Waals surface area (Å²) in [5, 5.41) is 2.92. The molecule has 1 aromatic heterocycles. The van der Waals surface area contributed by atoms with Gasteiger partial charge in [-0.2, -0.15) is 0 Å². The molecule has 1 aliphatic heterocycles. The number of nitrogens with one attached hydrogen (secondary N) is 1. The largest absolute Gasteiger partial charge is 0.325 e. The number of aromatic nitrogens is 2. The van der Waals surface area contributed by atoms with Crippen LogP contribution in [0.4, 0.5) is 5.69 Å². The van der Waals surface area contributed by atoms with E-state index in [1.54, 1.807) is 6.20 Å². The molecule has 1 amide bonds. The van der Waals surface area contributed by atoms with E-state index in [0.717, 1.165) is 28.3 Å². The standard InChI is InChI=1S/C16H17N3O/c1-16(2,3)15-17-9-10-8-13(20)18-12-7-5-4-6-11(12)14(10)19-15/h4-7,9H,8H2,1-3H3,(H,18,20). The Hall–Kier alpha value is -2.23. The number of para-hydroxylation sites is 1. The second kappa shape index (κ2) is 4.40. The Morgan fingerprint density at radius 3 is 2.70 bits per heavy atom. The monoisotopic (exact) mass is 267 g/mol. The third-order valence-corrected chi connectivity index (χ3v) is 3.34. The van der Waals surface area contributed by atoms with Crippen LogP contribution in [-0.4, -0.2) is 15.9 Å². The molecule has 20 heavy (non-hydrogen) atoms. The van der Waals surface area contributed by atoms with Gasteiger partial charge in [0.2, 0.25) is 5.91 Å². The fourth-order valence-corrected chi connectivity index (χ4v) is 2.30. The van der Waals surface area contributed by atoms with Crippen LogP contribution < -0.4 is 5.32 Å². The quantitative estimate of drug-likeness (QED) is 0.798. The summed E-state index contributed by atoms with van der Waals surface area (Å²) in [4.78, 5) is 21.1. The van der Waals surface area contributed by atoms with E-state index >= 15 is 0 Å². The van der Waals surface area contributed by atoms with Crippen molar-refractivity contribution >= 4 is 11.6 Å². The van der Waals surface area contributed by atoms with Gasteiger partial charge in [-0.1, -0.05) is 39.0 Å². The normalized spacial score (nSPS) is 14.1. The molecular formula is C16H17N3O. The molecule has 0 unspecified atom stereocenters. The number of hydrogen-bond acceptors (Lipinski definition) is 3. The van der Waals surface area contributed by atoms with E-state index in [1.165, 1.54) is 0 Å². The lowest BCUT2D eigenvalue weighted by Crippen LogP contribution is -2.17. The van der Waals surface area contributed by atoms with Crippen LogP contribution in [0.5, 0.6) is 0 Å². The molecule has 1 aliphatic rings. The van der Waals surface area contributed by atoms with Gasteiger partial charge in [0.1, 0.15) is 5.82 Å². The van der Waals surface area contributed by atoms with Crippen molar-refractivity contribution in [3.63, 3.8) is 0 Å². The van der Waals surface area contributed by atoms with Gasteiger partial charge in [0.15, 0.2) is 0 Å². The zero-order valence-electron chi connectivity index (χ0n) is 11.9. The number of rotatable bonds is 0. The molecule has 0 bridgehead atoms. The van der Waals surface area contributed by atoms with Gasteiger partial charge in [-0.15, -0.1) is 0 Å². The van der Waals surface area contributed by atoms with Gasteiger partial charge in [0.25, 0.3) is 0 Å². The predicted molar refractivity (Wildman–Crippen MR) is 78.5 cm³/mol. The predicted octanol–water partition coefficient (Wildman–Crippen LogP) is 2.94. The number of carbonyl (C=O) groups is 1. The van der Waals surface area contributed by atoms with E-state index in [9.17, 15) is 4.79 Å². The summed E-state index contributed by atoms with van der Waals surface area (Å²) in [7, 11) is 0. The van der Waals surface area contributed by atoms with Crippen molar-refractivity contribution in [3.8, 4) is 11.3 Å². The molecule has 0 atom stereocenters. The summed E-state index contributed by atoms with van der Waals surface area (Å²) in [5.41, 5.74) is 3.39. The second-order valence-electron chi connectivity index (χ2n) is 6.09. The smallest absolute Gasteiger partial charge is 0.228 e. The van der Waals surface area contributed by atoms with Crippen LogP contribution >= 0.6 is 0 Å². The van der Waals surface area contributed by atoms with Crippen molar-refractivity contribution in [1.29, 1.82) is 0 Å². The molecule has 0 radical (unpaired) electrons. The molecule has 0 fully saturated rings. The number of benzene rings is 1. The average Bonchev–Trinajstić information content (AvgIpc) is 2.52. The van der Waals surface area contributed by atoms with E-state index < -0.39 is 0 Å². The van der Waals surface area contributed by atoms with Gasteiger partial charge in [-0.3, -0.25) is 4.79 Å². The summed E-state index contributed by atoms with van der Waals surface area (Å²) in [6, 6.07) is 7.76. The Kier molecular flexibility index (Phi) is 2.82. The Bertz CT molecular complexity index is 686. The molecule has 4 heteroatoms. The maximum atomic E-state index is 11.9. The van der Waals surface area contributed by atoms with Crippen molar-refractivity contribution in [3.05, 3.63) is 41.9 Å². The Labute approximate surface area is 118 Å². The maximum Gasteiger partial charge on any atom is 0.228 e. The molecule has 0 spiro atoms. The highest BCUT2D eigenvalue weighted by Gasteiger charge is 2.24. The number of carbonyl (C=O) groups excluding carboxylic acids is 1. The molecule has 2 aromatic rings. The first-order valence-corrected chi connectivity index (χ1v) is 6.71. The Morgan fingerprint density at radius 2 is 1.95 bits per heavy atom. The van der Waals surface area contributed by atoms with Crippen LogP contribution in [0.1, 0.15) is 32.2 Å². The molecule has 2 heterocycles. The lowest BCUT2D eigenvalue weighted by molar-refractivity contribution is -0.115. The van der Waals surface area contributed by atoms with Crippen molar-refractivity contribution < 1.29 is 4.79 Å². The van der Waals surface area contributed by atoms with Crippen molar-refractivity contribution in [2.45, 2.75) is 32.6 Å². The van der Waals surface area contributed by atoms with Crippen molar-refractivity contribution in [2.24, 2.45) is 0 Å². The molecule has 102 valence electrons. The maximum absolute atomic E-state index is 11.9. The highest BCUT2D eigenvalue weighted by molar-refractivity contribution is 5.99. The summed E-state index contributed by atoms with van der Waals surface area (Å²) in [6.45, 7) is 6.25. The zero-order chi connectivity index (χ0) is 14.3. The first kappa shape index (κ1) is 12.8. The highest BCUT2D eigenvalue weighted by Crippen LogP contribution is 2.33. The lowest BCUT2D eigenvalue weighted by Gasteiger charge is -2.18. The highest BCUT2D eigenvalue weighted by atomic mass is 16.1. The van der Waals surface area contributed by atoms with Crippen LogP contribution in [0.15, 0.2) is 30.5 Å². The summed E-state index contributed by atoms with van der Waals surface area (Å²) in [5.74, 6) is 0.767. The number of amides is 1. The number of hydrogen-bond donors (Lipinski definition) is 1. The summed E-state index contributed by atoms with van der Waals surface area (Å²) < 4.78 is 0. The third kappa shape index (κ3) is 2.18. The lowest BCUT2D eigenvalue weighted by atomic mass is 9.94. The molecule has 0 saturated carbocycles. The first-order valence-electron chi connectivity index (χ1n) is 6.71. The van der Waals surface area contributed by atoms with Gasteiger partial charge in [-0.05, 0) is 6.07 Å². The van der Waals surface area contributed by atoms with Crippen LogP contribution in [-0.2, 0) is 16.6 Å². The molecular weight excluding hydrogens is 250 g/mol. The topological polar surface area (TPSA) is 54.9 Å². The Morgan fingerprint density at radius 1 is 1.20 bits per heavy atom. The van der Waals surface area contributed by atoms with Crippen LogP contribution in [0.25, 0.3) is 11.3 Å². The van der Waals surface area contributed by atoms with Gasteiger partial charge in [0.05, 0.1) is 17.8 Å². The minimum absolute atomic E-state index is 0.0247. The fourth-order valence-electron chi connectivity index (χ4n) is 2.30. The van der Waals surface area contributed by atoms with E-state index in [2.05, 4.69) is 31.1 Å². The minimum atomic E-state index is -0.117. The SMILES string of the molecule is CC(C)(C)c1ncc2c(n1)-c1ccccc1NC(=O)C2. The molecule has 1 aromatic carbocycles. The number of anilines is 1. The second-order valence-corrected chi connectivity index (χ2v) is 6.09. The molecule has 1 N–H and O–H groups in total. The van der Waals surface area contributed by atoms with E-state index in [0.29, 0.717) is 6.42 Å². The van der Waals surface area contributed by atoms with Gasteiger partial charge in [0, 0.05) is 22.7 Å². The minimum Gasteiger partial charge on any atom is -0.325 e. The van der Waals surface area contributed by atoms with Crippen LogP contribution in [0.3, 0.4) is 0 Å². The third-order valence-electron chi connectivity index (χ3n) is 3.34. The first-order chi connectivity index (χ1) is 9.45. The van der Waals surface area contributed by atoms with E-state index in [1.807, 2.05) is 24.3 Å². The fraction of sp³-hybridized carbons (Fsp3) is 0.312. The van der Waals surface area contributed by atoms with Crippen LogP contribution in [0.2, 0.25) is 0 Å². The summed E-state index contributed by atoms with van der Waals surface area (Å²) in [6.07, 6.45) is 2.10. The van der Waals surface area contributed by atoms with Gasteiger partial charge < -0.3 is 5.32 Å². The van der Waals surface area contributed by atoms with E-state index in [-0.39, 0.29) is 11.3 Å². The van der Waals surface area contributed by atoms with Crippen molar-refractivity contribution in [1.82, 2.24) is 9.97 Å². The number of fused-ring (bicyclic) bond motifs is 3. The van der Waals surface area contributed by atoms with E-state index in [4.69, 9.17) is 4.98 Å². The molecule has 0 saturated heterocycles. The zero-order valence-corrected chi connectivity index (χ0v) is 11.9. The van der Waals surface area contributed by atoms with Crippen LogP contribution in [0, 0.1) is 0 Å². The number of nitrogens with zero attached hydrogens (tertiary/aromatic N) is 2. The van der Waals surface area contributed by atoms with Crippen molar-refractivity contribution in [2.75, 3.05) is 5.32 Å². The summed E-state index contributed by atoms with van der Waals surface area (Å²) >= 11 is 0. The average molecular weight is 267 g/mol. The Balaban J connectivity index is 2.25. The molecule has 3 rings (SSSR count).